The Bertz CT molecular complexity index is 717. The third-order valence-electron chi connectivity index (χ3n) is 5.34. The molecular formula is C24H28IOP. The Morgan fingerprint density at radius 2 is 1.00 bits per heavy atom. The summed E-state index contributed by atoms with van der Waals surface area (Å²) >= 11 is 0. The molecule has 142 valence electrons. The number of hydrogen-bond acceptors (Lipinski definition) is 1. The zero-order chi connectivity index (χ0) is 18.6. The van der Waals surface area contributed by atoms with Crippen LogP contribution in [0.25, 0.3) is 0 Å². The molecule has 0 radical (unpaired) electrons. The first-order valence-corrected chi connectivity index (χ1v) is 11.2. The summed E-state index contributed by atoms with van der Waals surface area (Å²) < 4.78 is 0. The van der Waals surface area contributed by atoms with Crippen molar-refractivity contribution < 1.29 is 29.1 Å². The van der Waals surface area contributed by atoms with Gasteiger partial charge in [-0.1, -0.05) is 61.5 Å². The molecule has 0 aromatic heterocycles. The Morgan fingerprint density at radius 1 is 0.704 bits per heavy atom. The molecule has 1 atom stereocenters. The Kier molecular flexibility index (Phi) is 7.62. The number of benzene rings is 3. The number of aliphatic hydroxyl groups is 1. The molecule has 3 aromatic rings. The van der Waals surface area contributed by atoms with Crippen molar-refractivity contribution in [2.45, 2.75) is 26.4 Å². The van der Waals surface area contributed by atoms with Gasteiger partial charge >= 0.3 is 0 Å². The second-order valence-corrected chi connectivity index (χ2v) is 11.1. The van der Waals surface area contributed by atoms with Gasteiger partial charge in [0.05, 0.1) is 11.8 Å². The van der Waals surface area contributed by atoms with Crippen LogP contribution in [0.15, 0.2) is 91.0 Å². The van der Waals surface area contributed by atoms with Crippen LogP contribution in [0.1, 0.15) is 20.8 Å². The molecule has 0 unspecified atom stereocenters. The molecule has 1 nitrogen and oxygen atoms in total. The summed E-state index contributed by atoms with van der Waals surface area (Å²) in [6, 6.07) is 32.5. The lowest BCUT2D eigenvalue weighted by atomic mass is 9.95. The standard InChI is InChI=1S/C24H28OP.HI/c1-20(24(2,3)25)19-26(21-13-7-4-8-14-21,22-15-9-5-10-16-22)23-17-11-6-12-18-23;/h4-18,20,25H,19H2,1-3H3;1H/q+1;/p-1/t20-;/m0./s1. The molecule has 0 saturated carbocycles. The van der Waals surface area contributed by atoms with E-state index in [1.807, 2.05) is 13.8 Å². The Labute approximate surface area is 181 Å². The van der Waals surface area contributed by atoms with Gasteiger partial charge in [0.2, 0.25) is 0 Å². The summed E-state index contributed by atoms with van der Waals surface area (Å²) in [5, 5.41) is 14.8. The number of rotatable bonds is 6. The van der Waals surface area contributed by atoms with E-state index in [0.717, 1.165) is 6.16 Å². The maximum atomic E-state index is 10.7. The van der Waals surface area contributed by atoms with E-state index in [4.69, 9.17) is 0 Å². The zero-order valence-electron chi connectivity index (χ0n) is 16.2. The van der Waals surface area contributed by atoms with E-state index in [-0.39, 0.29) is 29.9 Å². The van der Waals surface area contributed by atoms with E-state index in [0.29, 0.717) is 0 Å². The molecule has 0 fully saturated rings. The molecule has 0 aliphatic heterocycles. The monoisotopic (exact) mass is 490 g/mol. The van der Waals surface area contributed by atoms with Crippen LogP contribution < -0.4 is 39.9 Å². The van der Waals surface area contributed by atoms with Gasteiger partial charge in [0.1, 0.15) is 23.2 Å². The van der Waals surface area contributed by atoms with Crippen molar-refractivity contribution >= 4 is 23.2 Å². The fourth-order valence-corrected chi connectivity index (χ4v) is 8.28. The van der Waals surface area contributed by atoms with Gasteiger partial charge in [-0.2, -0.15) is 0 Å². The quantitative estimate of drug-likeness (QED) is 0.409. The van der Waals surface area contributed by atoms with Crippen LogP contribution >= 0.6 is 7.26 Å². The maximum Gasteiger partial charge on any atom is 0.112 e. The summed E-state index contributed by atoms with van der Waals surface area (Å²) in [5.41, 5.74) is -0.719. The summed E-state index contributed by atoms with van der Waals surface area (Å²) in [6.45, 7) is 6.02. The van der Waals surface area contributed by atoms with E-state index in [1.54, 1.807) is 0 Å². The largest absolute Gasteiger partial charge is 1.00 e. The topological polar surface area (TPSA) is 20.2 Å². The second-order valence-electron chi connectivity index (χ2n) is 7.55. The molecular weight excluding hydrogens is 462 g/mol. The lowest BCUT2D eigenvalue weighted by Crippen LogP contribution is -3.00. The van der Waals surface area contributed by atoms with Crippen LogP contribution in [0.3, 0.4) is 0 Å². The van der Waals surface area contributed by atoms with Crippen LogP contribution in [0, 0.1) is 5.92 Å². The van der Waals surface area contributed by atoms with E-state index >= 15 is 0 Å². The average Bonchev–Trinajstić information content (AvgIpc) is 2.67. The van der Waals surface area contributed by atoms with E-state index < -0.39 is 12.9 Å². The van der Waals surface area contributed by atoms with Gasteiger partial charge in [0.15, 0.2) is 0 Å². The van der Waals surface area contributed by atoms with Crippen molar-refractivity contribution in [1.82, 2.24) is 0 Å². The minimum absolute atomic E-state index is 0. The van der Waals surface area contributed by atoms with Crippen LogP contribution in [-0.2, 0) is 0 Å². The van der Waals surface area contributed by atoms with Crippen molar-refractivity contribution in [1.29, 1.82) is 0 Å². The predicted molar refractivity (Wildman–Crippen MR) is 115 cm³/mol. The van der Waals surface area contributed by atoms with Crippen LogP contribution in [0.5, 0.6) is 0 Å². The summed E-state index contributed by atoms with van der Waals surface area (Å²) in [4.78, 5) is 0. The van der Waals surface area contributed by atoms with E-state index in [2.05, 4.69) is 97.9 Å². The summed E-state index contributed by atoms with van der Waals surface area (Å²) in [5.74, 6) is 0.163. The van der Waals surface area contributed by atoms with Crippen molar-refractivity contribution in [2.24, 2.45) is 5.92 Å². The highest BCUT2D eigenvalue weighted by atomic mass is 127. The van der Waals surface area contributed by atoms with E-state index in [1.165, 1.54) is 15.9 Å². The van der Waals surface area contributed by atoms with Crippen LogP contribution in [-0.4, -0.2) is 16.9 Å². The van der Waals surface area contributed by atoms with Gasteiger partial charge in [-0.3, -0.25) is 0 Å². The molecule has 0 spiro atoms. The molecule has 0 bridgehead atoms. The summed E-state index contributed by atoms with van der Waals surface area (Å²) in [6.07, 6.45) is 0.939. The van der Waals surface area contributed by atoms with Gasteiger partial charge in [-0.05, 0) is 50.2 Å². The highest BCUT2D eigenvalue weighted by Gasteiger charge is 2.48. The lowest BCUT2D eigenvalue weighted by molar-refractivity contribution is -0.0000179. The van der Waals surface area contributed by atoms with Gasteiger partial charge in [-0.15, -0.1) is 0 Å². The molecule has 0 saturated heterocycles. The first-order chi connectivity index (χ1) is 12.4. The molecule has 3 heteroatoms. The third-order valence-corrected chi connectivity index (χ3v) is 9.98. The molecule has 27 heavy (non-hydrogen) atoms. The molecule has 1 N–H and O–H groups in total. The minimum Gasteiger partial charge on any atom is -1.00 e. The highest BCUT2D eigenvalue weighted by molar-refractivity contribution is 7.95. The highest BCUT2D eigenvalue weighted by Crippen LogP contribution is 2.57. The SMILES string of the molecule is C[C@@H](C[P+](c1ccccc1)(c1ccccc1)c1ccccc1)C(C)(C)O.[I-]. The smallest absolute Gasteiger partial charge is 0.112 e. The number of halogens is 1. The van der Waals surface area contributed by atoms with Crippen molar-refractivity contribution in [3.05, 3.63) is 91.0 Å². The fraction of sp³-hybridized carbons (Fsp3) is 0.250. The van der Waals surface area contributed by atoms with Crippen molar-refractivity contribution in [2.75, 3.05) is 6.16 Å². The molecule has 0 amide bonds. The molecule has 0 aliphatic carbocycles. The summed E-state index contributed by atoms with van der Waals surface area (Å²) in [7, 11) is -1.87. The van der Waals surface area contributed by atoms with Crippen molar-refractivity contribution in [3.8, 4) is 0 Å². The van der Waals surface area contributed by atoms with Gasteiger partial charge in [0.25, 0.3) is 0 Å². The third kappa shape index (κ3) is 4.80. The minimum atomic E-state index is -1.87. The lowest BCUT2D eigenvalue weighted by Gasteiger charge is -2.34. The first-order valence-electron chi connectivity index (χ1n) is 9.22. The van der Waals surface area contributed by atoms with Gasteiger partial charge in [0, 0.05) is 5.92 Å². The molecule has 0 aliphatic rings. The Hall–Kier alpha value is -1.22. The Balaban J connectivity index is 0.00000261. The second kappa shape index (κ2) is 9.32. The molecule has 3 rings (SSSR count). The van der Waals surface area contributed by atoms with E-state index in [9.17, 15) is 5.11 Å². The molecule has 3 aromatic carbocycles. The Morgan fingerprint density at radius 3 is 1.26 bits per heavy atom. The average molecular weight is 490 g/mol. The van der Waals surface area contributed by atoms with Crippen LogP contribution in [0.4, 0.5) is 0 Å². The van der Waals surface area contributed by atoms with Gasteiger partial charge < -0.3 is 29.1 Å². The molecule has 0 heterocycles. The normalized spacial score (nSPS) is 12.9. The van der Waals surface area contributed by atoms with Gasteiger partial charge in [-0.25, -0.2) is 0 Å². The predicted octanol–water partition coefficient (Wildman–Crippen LogP) is 1.39. The van der Waals surface area contributed by atoms with Crippen LogP contribution in [0.2, 0.25) is 0 Å². The number of hydrogen-bond donors (Lipinski definition) is 1. The first kappa shape index (κ1) is 22.1. The fourth-order valence-electron chi connectivity index (χ4n) is 3.45. The maximum absolute atomic E-state index is 10.7. The zero-order valence-corrected chi connectivity index (χ0v) is 19.3. The van der Waals surface area contributed by atoms with Crippen molar-refractivity contribution in [3.63, 3.8) is 0 Å².